The zero-order valence-electron chi connectivity index (χ0n) is 14.7. The number of amides is 2. The lowest BCUT2D eigenvalue weighted by atomic mass is 10.1. The first kappa shape index (κ1) is 19.5. The van der Waals surface area contributed by atoms with E-state index in [2.05, 4.69) is 10.6 Å². The molecule has 23 heavy (non-hydrogen) atoms. The Morgan fingerprint density at radius 1 is 1.13 bits per heavy atom. The van der Waals surface area contributed by atoms with Gasteiger partial charge in [-0.1, -0.05) is 12.1 Å². The van der Waals surface area contributed by atoms with Crippen molar-refractivity contribution in [1.82, 2.24) is 5.32 Å². The Balaban J connectivity index is 2.58. The molecule has 1 aromatic rings. The maximum atomic E-state index is 12.2. The van der Waals surface area contributed by atoms with Crippen molar-refractivity contribution >= 4 is 29.3 Å². The van der Waals surface area contributed by atoms with E-state index in [1.165, 1.54) is 0 Å². The van der Waals surface area contributed by atoms with Crippen LogP contribution >= 0.6 is 11.8 Å². The molecule has 1 aromatic carbocycles. The Morgan fingerprint density at radius 2 is 1.74 bits per heavy atom. The van der Waals surface area contributed by atoms with Gasteiger partial charge < -0.3 is 15.5 Å². The van der Waals surface area contributed by atoms with E-state index >= 15 is 0 Å². The van der Waals surface area contributed by atoms with Gasteiger partial charge in [-0.15, -0.1) is 11.8 Å². The van der Waals surface area contributed by atoms with Crippen molar-refractivity contribution < 1.29 is 14.5 Å². The first-order chi connectivity index (χ1) is 10.7. The maximum absolute atomic E-state index is 12.2. The van der Waals surface area contributed by atoms with Crippen LogP contribution < -0.4 is 15.5 Å². The summed E-state index contributed by atoms with van der Waals surface area (Å²) in [5.41, 5.74) is 0.565. The minimum Gasteiger partial charge on any atom is -0.347 e. The molecule has 0 aliphatic rings. The zero-order valence-corrected chi connectivity index (χ0v) is 15.5. The number of thioether (sulfide) groups is 1. The van der Waals surface area contributed by atoms with Gasteiger partial charge in [-0.3, -0.25) is 9.59 Å². The molecule has 0 aliphatic heterocycles. The van der Waals surface area contributed by atoms with Gasteiger partial charge >= 0.3 is 0 Å². The molecule has 0 radical (unpaired) electrons. The molecule has 0 saturated carbocycles. The monoisotopic (exact) mass is 338 g/mol. The van der Waals surface area contributed by atoms with Gasteiger partial charge in [0.05, 0.1) is 12.2 Å². The number of carbonyl (C=O) groups excluding carboxylic acids is 2. The van der Waals surface area contributed by atoms with Gasteiger partial charge in [-0.25, -0.2) is 0 Å². The molecule has 0 aromatic heterocycles. The van der Waals surface area contributed by atoms with Gasteiger partial charge in [0.25, 0.3) is 11.8 Å². The average Bonchev–Trinajstić information content (AvgIpc) is 2.45. The molecule has 5 nitrogen and oxygen atoms in total. The minimum atomic E-state index is -0.254. The van der Waals surface area contributed by atoms with Crippen LogP contribution in [-0.4, -0.2) is 43.2 Å². The van der Waals surface area contributed by atoms with Crippen LogP contribution in [0.1, 0.15) is 27.7 Å². The third kappa shape index (κ3) is 7.52. The highest BCUT2D eigenvalue weighted by atomic mass is 32.2. The molecule has 0 heterocycles. The number of hydrogen-bond acceptors (Lipinski definition) is 3. The molecule has 0 aliphatic carbocycles. The standard InChI is InChI=1S/C17H27N3O2S/c1-6-20(12-16(22)19-17(2,3)4)11-15(21)18-13-9-7-8-10-14(13)23-5/h7-10H,6,11-12H2,1-5H3,(H,18,21)(H,19,22)/p+1. The van der Waals surface area contributed by atoms with Crippen molar-refractivity contribution in [3.8, 4) is 0 Å². The minimum absolute atomic E-state index is 0.0355. The van der Waals surface area contributed by atoms with Crippen molar-refractivity contribution in [2.75, 3.05) is 31.2 Å². The topological polar surface area (TPSA) is 62.6 Å². The van der Waals surface area contributed by atoms with Gasteiger partial charge in [-0.2, -0.15) is 0 Å². The summed E-state index contributed by atoms with van der Waals surface area (Å²) < 4.78 is 0. The van der Waals surface area contributed by atoms with E-state index in [9.17, 15) is 9.59 Å². The van der Waals surface area contributed by atoms with E-state index in [-0.39, 0.29) is 23.9 Å². The molecule has 1 rings (SSSR count). The van der Waals surface area contributed by atoms with Crippen LogP contribution in [0.5, 0.6) is 0 Å². The second kappa shape index (κ2) is 8.93. The summed E-state index contributed by atoms with van der Waals surface area (Å²) in [7, 11) is 0. The smallest absolute Gasteiger partial charge is 0.279 e. The number of nitrogens with one attached hydrogen (secondary N) is 3. The molecule has 0 saturated heterocycles. The molecule has 3 N–H and O–H groups in total. The van der Waals surface area contributed by atoms with Crippen LogP contribution in [0.4, 0.5) is 5.69 Å². The first-order valence-electron chi connectivity index (χ1n) is 7.82. The van der Waals surface area contributed by atoms with Crippen LogP contribution in [0.3, 0.4) is 0 Å². The van der Waals surface area contributed by atoms with E-state index < -0.39 is 0 Å². The largest absolute Gasteiger partial charge is 0.347 e. The summed E-state index contributed by atoms with van der Waals surface area (Å²) in [5, 5.41) is 5.87. The van der Waals surface area contributed by atoms with Crippen LogP contribution in [0.2, 0.25) is 0 Å². The number of rotatable bonds is 7. The van der Waals surface area contributed by atoms with Gasteiger partial charge in [-0.05, 0) is 46.1 Å². The fraction of sp³-hybridized carbons (Fsp3) is 0.529. The quantitative estimate of drug-likeness (QED) is 0.654. The normalized spacial score (nSPS) is 12.6. The lowest BCUT2D eigenvalue weighted by Gasteiger charge is -2.23. The highest BCUT2D eigenvalue weighted by Crippen LogP contribution is 2.24. The number of likely N-dealkylation sites (N-methyl/N-ethyl adjacent to an activating group) is 1. The molecule has 2 amide bonds. The van der Waals surface area contributed by atoms with Crippen molar-refractivity contribution in [2.45, 2.75) is 38.1 Å². The Hall–Kier alpha value is -1.53. The zero-order chi connectivity index (χ0) is 17.5. The van der Waals surface area contributed by atoms with Crippen LogP contribution in [0, 0.1) is 0 Å². The Labute approximate surface area is 143 Å². The van der Waals surface area contributed by atoms with E-state index in [1.54, 1.807) is 11.8 Å². The fourth-order valence-electron chi connectivity index (χ4n) is 2.17. The number of benzene rings is 1. The van der Waals surface area contributed by atoms with E-state index in [0.717, 1.165) is 22.0 Å². The van der Waals surface area contributed by atoms with Gasteiger partial charge in [0.2, 0.25) is 0 Å². The maximum Gasteiger partial charge on any atom is 0.279 e. The second-order valence-corrected chi connectivity index (χ2v) is 7.35. The summed E-state index contributed by atoms with van der Waals surface area (Å²) in [4.78, 5) is 26.2. The Kier molecular flexibility index (Phi) is 7.58. The molecule has 0 bridgehead atoms. The predicted molar refractivity (Wildman–Crippen MR) is 96.0 cm³/mol. The van der Waals surface area contributed by atoms with Crippen molar-refractivity contribution in [1.29, 1.82) is 0 Å². The summed E-state index contributed by atoms with van der Waals surface area (Å²) >= 11 is 1.59. The molecular formula is C17H28N3O2S+. The highest BCUT2D eigenvalue weighted by Gasteiger charge is 2.20. The first-order valence-corrected chi connectivity index (χ1v) is 9.05. The Morgan fingerprint density at radius 3 is 2.30 bits per heavy atom. The summed E-state index contributed by atoms with van der Waals surface area (Å²) in [5.74, 6) is -0.112. The van der Waals surface area contributed by atoms with Crippen molar-refractivity contribution in [2.24, 2.45) is 0 Å². The number of hydrogen-bond donors (Lipinski definition) is 3. The summed E-state index contributed by atoms with van der Waals surface area (Å²) in [6.07, 6.45) is 1.98. The molecule has 1 atom stereocenters. The van der Waals surface area contributed by atoms with E-state index in [4.69, 9.17) is 0 Å². The van der Waals surface area contributed by atoms with Gasteiger partial charge in [0, 0.05) is 10.4 Å². The molecule has 6 heteroatoms. The number of carbonyl (C=O) groups is 2. The Bertz CT molecular complexity index is 541. The van der Waals surface area contributed by atoms with E-state index in [0.29, 0.717) is 6.54 Å². The molecular weight excluding hydrogens is 310 g/mol. The predicted octanol–water partition coefficient (Wildman–Crippen LogP) is 1.17. The third-order valence-corrected chi connectivity index (χ3v) is 4.01. The van der Waals surface area contributed by atoms with Crippen molar-refractivity contribution in [3.05, 3.63) is 24.3 Å². The average molecular weight is 338 g/mol. The second-order valence-electron chi connectivity index (χ2n) is 6.50. The number of para-hydroxylation sites is 1. The molecule has 0 fully saturated rings. The number of anilines is 1. The van der Waals surface area contributed by atoms with E-state index in [1.807, 2.05) is 58.2 Å². The third-order valence-electron chi connectivity index (χ3n) is 3.22. The fourth-order valence-corrected chi connectivity index (χ4v) is 2.73. The lowest BCUT2D eigenvalue weighted by Crippen LogP contribution is -3.14. The lowest BCUT2D eigenvalue weighted by molar-refractivity contribution is -0.881. The van der Waals surface area contributed by atoms with Gasteiger partial charge in [0.1, 0.15) is 0 Å². The molecule has 0 spiro atoms. The summed E-state index contributed by atoms with van der Waals surface area (Å²) in [6.45, 7) is 9.11. The number of quaternary nitrogens is 1. The molecule has 1 unspecified atom stereocenters. The van der Waals surface area contributed by atoms with Crippen LogP contribution in [-0.2, 0) is 9.59 Å². The highest BCUT2D eigenvalue weighted by molar-refractivity contribution is 7.98. The van der Waals surface area contributed by atoms with Crippen LogP contribution in [0.25, 0.3) is 0 Å². The van der Waals surface area contributed by atoms with Gasteiger partial charge in [0.15, 0.2) is 13.1 Å². The molecule has 128 valence electrons. The van der Waals surface area contributed by atoms with Crippen LogP contribution in [0.15, 0.2) is 29.2 Å². The SMILES string of the molecule is CC[NH+](CC(=O)Nc1ccccc1SC)CC(=O)NC(C)(C)C. The summed E-state index contributed by atoms with van der Waals surface area (Å²) in [6, 6.07) is 7.71. The van der Waals surface area contributed by atoms with Crippen molar-refractivity contribution in [3.63, 3.8) is 0 Å².